The number of hydrogen-bond acceptors (Lipinski definition) is 2. The minimum absolute atomic E-state index is 0.269. The fourth-order valence-electron chi connectivity index (χ4n) is 1.14. The molecule has 1 aliphatic heterocycles. The van der Waals surface area contributed by atoms with E-state index < -0.39 is 0 Å². The van der Waals surface area contributed by atoms with E-state index in [1.807, 2.05) is 0 Å². The first-order chi connectivity index (χ1) is 4.34. The molecule has 0 fully saturated rings. The van der Waals surface area contributed by atoms with Gasteiger partial charge in [0.2, 0.25) is 0 Å². The summed E-state index contributed by atoms with van der Waals surface area (Å²) in [4.78, 5) is 2.19. The Morgan fingerprint density at radius 2 is 2.56 bits per heavy atom. The molecule has 52 valence electrons. The van der Waals surface area contributed by atoms with E-state index in [1.165, 1.54) is 5.70 Å². The van der Waals surface area contributed by atoms with Crippen LogP contribution in [0.4, 0.5) is 0 Å². The summed E-state index contributed by atoms with van der Waals surface area (Å²) in [6.07, 6.45) is 3.35. The zero-order valence-corrected chi connectivity index (χ0v) is 5.80. The van der Waals surface area contributed by atoms with E-state index >= 15 is 0 Å². The molecule has 1 N–H and O–H groups in total. The van der Waals surface area contributed by atoms with Crippen LogP contribution in [0.1, 0.15) is 13.3 Å². The molecule has 0 unspecified atom stereocenters. The van der Waals surface area contributed by atoms with E-state index in [0.717, 1.165) is 19.5 Å². The van der Waals surface area contributed by atoms with Gasteiger partial charge < -0.3 is 10.0 Å². The third-order valence-electron chi connectivity index (χ3n) is 1.71. The molecule has 2 heteroatoms. The second-order valence-electron chi connectivity index (χ2n) is 2.34. The van der Waals surface area contributed by atoms with Gasteiger partial charge >= 0.3 is 0 Å². The van der Waals surface area contributed by atoms with Crippen molar-refractivity contribution in [3.63, 3.8) is 0 Å². The minimum Gasteiger partial charge on any atom is -0.395 e. The predicted molar refractivity (Wildman–Crippen MR) is 37.0 cm³/mol. The molecule has 0 aliphatic carbocycles. The van der Waals surface area contributed by atoms with Crippen LogP contribution in [-0.2, 0) is 0 Å². The molecule has 0 aromatic heterocycles. The summed E-state index contributed by atoms with van der Waals surface area (Å²) in [7, 11) is 0. The number of aliphatic hydroxyl groups is 1. The quantitative estimate of drug-likeness (QED) is 0.586. The Hall–Kier alpha value is -0.500. The van der Waals surface area contributed by atoms with Gasteiger partial charge in [0.1, 0.15) is 0 Å². The number of allylic oxidation sites excluding steroid dienone is 1. The molecular formula is C7H13NO. The second-order valence-corrected chi connectivity index (χ2v) is 2.34. The van der Waals surface area contributed by atoms with Crippen molar-refractivity contribution >= 4 is 0 Å². The fraction of sp³-hybridized carbons (Fsp3) is 0.714. The number of β-amino-alcohol motifs (C(OH)–C–C–N with tert-alkyl or cyclic N) is 1. The highest BCUT2D eigenvalue weighted by molar-refractivity contribution is 5.03. The van der Waals surface area contributed by atoms with Crippen molar-refractivity contribution < 1.29 is 5.11 Å². The van der Waals surface area contributed by atoms with Gasteiger partial charge in [-0.1, -0.05) is 6.08 Å². The van der Waals surface area contributed by atoms with E-state index in [2.05, 4.69) is 17.9 Å². The van der Waals surface area contributed by atoms with Gasteiger partial charge in [-0.15, -0.1) is 0 Å². The Bertz CT molecular complexity index is 120. The number of nitrogens with zero attached hydrogens (tertiary/aromatic N) is 1. The molecule has 2 nitrogen and oxygen atoms in total. The summed E-state index contributed by atoms with van der Waals surface area (Å²) in [6, 6.07) is 0. The standard InChI is InChI=1S/C7H13NO/c1-7-3-2-4-8(7)5-6-9/h3,9H,2,4-6H2,1H3. The molecule has 0 saturated carbocycles. The summed E-state index contributed by atoms with van der Waals surface area (Å²) in [5, 5.41) is 8.58. The SMILES string of the molecule is CC1=CCCN1CCO. The van der Waals surface area contributed by atoms with Crippen molar-refractivity contribution in [1.82, 2.24) is 4.90 Å². The molecule has 0 atom stereocenters. The highest BCUT2D eigenvalue weighted by atomic mass is 16.3. The zero-order valence-electron chi connectivity index (χ0n) is 5.80. The van der Waals surface area contributed by atoms with Gasteiger partial charge in [-0.25, -0.2) is 0 Å². The molecule has 0 bridgehead atoms. The average molecular weight is 127 g/mol. The van der Waals surface area contributed by atoms with Crippen molar-refractivity contribution in [2.24, 2.45) is 0 Å². The van der Waals surface area contributed by atoms with Crippen molar-refractivity contribution in [3.05, 3.63) is 11.8 Å². The zero-order chi connectivity index (χ0) is 6.69. The molecular weight excluding hydrogens is 114 g/mol. The van der Waals surface area contributed by atoms with Gasteiger partial charge in [-0.2, -0.15) is 0 Å². The molecule has 0 amide bonds. The average Bonchev–Trinajstić information content (AvgIpc) is 2.18. The monoisotopic (exact) mass is 127 g/mol. The number of aliphatic hydroxyl groups excluding tert-OH is 1. The maximum Gasteiger partial charge on any atom is 0.0606 e. The van der Waals surface area contributed by atoms with Crippen LogP contribution < -0.4 is 0 Å². The Kier molecular flexibility index (Phi) is 2.11. The van der Waals surface area contributed by atoms with Crippen LogP contribution in [0.25, 0.3) is 0 Å². The molecule has 0 saturated heterocycles. The molecule has 9 heavy (non-hydrogen) atoms. The van der Waals surface area contributed by atoms with Gasteiger partial charge in [-0.05, 0) is 13.3 Å². The van der Waals surface area contributed by atoms with Crippen LogP contribution in [-0.4, -0.2) is 29.7 Å². The van der Waals surface area contributed by atoms with Gasteiger partial charge in [0, 0.05) is 18.8 Å². The maximum atomic E-state index is 8.58. The van der Waals surface area contributed by atoms with Crippen molar-refractivity contribution in [1.29, 1.82) is 0 Å². The first kappa shape index (κ1) is 6.62. The summed E-state index contributed by atoms with van der Waals surface area (Å²) < 4.78 is 0. The van der Waals surface area contributed by atoms with Crippen LogP contribution in [0, 0.1) is 0 Å². The lowest BCUT2D eigenvalue weighted by molar-refractivity contribution is 0.235. The van der Waals surface area contributed by atoms with Crippen molar-refractivity contribution in [3.8, 4) is 0 Å². The summed E-state index contributed by atoms with van der Waals surface area (Å²) in [5.41, 5.74) is 1.31. The lowest BCUT2D eigenvalue weighted by Crippen LogP contribution is -2.21. The molecule has 1 aliphatic rings. The topological polar surface area (TPSA) is 23.5 Å². The van der Waals surface area contributed by atoms with Gasteiger partial charge in [0.15, 0.2) is 0 Å². The minimum atomic E-state index is 0.269. The van der Waals surface area contributed by atoms with Crippen LogP contribution in [0.3, 0.4) is 0 Å². The second kappa shape index (κ2) is 2.87. The van der Waals surface area contributed by atoms with Gasteiger partial charge in [-0.3, -0.25) is 0 Å². The predicted octanol–water partition coefficient (Wildman–Crippen LogP) is 0.588. The number of rotatable bonds is 2. The van der Waals surface area contributed by atoms with Crippen LogP contribution in [0.2, 0.25) is 0 Å². The fourth-order valence-corrected chi connectivity index (χ4v) is 1.14. The Balaban J connectivity index is 2.34. The normalized spacial score (nSPS) is 18.4. The molecule has 0 radical (unpaired) electrons. The molecule has 1 heterocycles. The largest absolute Gasteiger partial charge is 0.395 e. The van der Waals surface area contributed by atoms with Gasteiger partial charge in [0.25, 0.3) is 0 Å². The van der Waals surface area contributed by atoms with Crippen molar-refractivity contribution in [2.75, 3.05) is 19.7 Å². The van der Waals surface area contributed by atoms with E-state index in [1.54, 1.807) is 0 Å². The van der Waals surface area contributed by atoms with E-state index in [4.69, 9.17) is 5.11 Å². The summed E-state index contributed by atoms with van der Waals surface area (Å²) >= 11 is 0. The Labute approximate surface area is 55.8 Å². The van der Waals surface area contributed by atoms with Crippen LogP contribution in [0.15, 0.2) is 11.8 Å². The first-order valence-corrected chi connectivity index (χ1v) is 3.37. The van der Waals surface area contributed by atoms with E-state index in [9.17, 15) is 0 Å². The number of hydrogen-bond donors (Lipinski definition) is 1. The lowest BCUT2D eigenvalue weighted by atomic mass is 10.4. The molecule has 0 spiro atoms. The maximum absolute atomic E-state index is 8.58. The Morgan fingerprint density at radius 1 is 1.78 bits per heavy atom. The molecule has 0 aromatic carbocycles. The Morgan fingerprint density at radius 3 is 3.00 bits per heavy atom. The van der Waals surface area contributed by atoms with E-state index in [0.29, 0.717) is 0 Å². The van der Waals surface area contributed by atoms with Crippen LogP contribution >= 0.6 is 0 Å². The highest BCUT2D eigenvalue weighted by Gasteiger charge is 2.08. The van der Waals surface area contributed by atoms with Gasteiger partial charge in [0.05, 0.1) is 6.61 Å². The third kappa shape index (κ3) is 1.45. The molecule has 0 aromatic rings. The summed E-state index contributed by atoms with van der Waals surface area (Å²) in [6.45, 7) is 4.24. The highest BCUT2D eigenvalue weighted by Crippen LogP contribution is 2.11. The third-order valence-corrected chi connectivity index (χ3v) is 1.71. The lowest BCUT2D eigenvalue weighted by Gasteiger charge is -2.17. The molecule has 1 rings (SSSR count). The van der Waals surface area contributed by atoms with E-state index in [-0.39, 0.29) is 6.61 Å². The van der Waals surface area contributed by atoms with Crippen molar-refractivity contribution in [2.45, 2.75) is 13.3 Å². The smallest absolute Gasteiger partial charge is 0.0606 e. The van der Waals surface area contributed by atoms with Crippen LogP contribution in [0.5, 0.6) is 0 Å². The first-order valence-electron chi connectivity index (χ1n) is 3.37. The summed E-state index contributed by atoms with van der Waals surface area (Å²) in [5.74, 6) is 0.